The Kier molecular flexibility index (Phi) is 5.80. The topological polar surface area (TPSA) is 63.2 Å². The van der Waals surface area contributed by atoms with Crippen molar-refractivity contribution in [3.63, 3.8) is 0 Å². The molecule has 118 valence electrons. The van der Waals surface area contributed by atoms with Crippen LogP contribution in [0.1, 0.15) is 27.2 Å². The Bertz CT molecular complexity index is 504. The van der Waals surface area contributed by atoms with Crippen LogP contribution in [0, 0.1) is 17.6 Å². The monoisotopic (exact) mass is 305 g/mol. The van der Waals surface area contributed by atoms with Gasteiger partial charge in [0, 0.05) is 19.2 Å². The van der Waals surface area contributed by atoms with E-state index in [2.05, 4.69) is 15.6 Å². The van der Waals surface area contributed by atoms with E-state index in [0.29, 0.717) is 12.5 Å². The molecule has 0 atom stereocenters. The molecule has 1 rings (SSSR count). The highest BCUT2D eigenvalue weighted by molar-refractivity contribution is 5.67. The van der Waals surface area contributed by atoms with Crippen LogP contribution >= 0.6 is 0 Å². The summed E-state index contributed by atoms with van der Waals surface area (Å²) in [5.74, 6) is -4.06. The highest BCUT2D eigenvalue weighted by Crippen LogP contribution is 2.14. The minimum absolute atomic E-state index is 0.227. The first kappa shape index (κ1) is 17.1. The molecule has 0 saturated heterocycles. The van der Waals surface area contributed by atoms with Crippen LogP contribution in [0.15, 0.2) is 6.07 Å². The number of hydrogen-bond acceptors (Lipinski definition) is 4. The van der Waals surface area contributed by atoms with E-state index in [1.807, 2.05) is 0 Å². The van der Waals surface area contributed by atoms with Crippen LogP contribution < -0.4 is 10.6 Å². The van der Waals surface area contributed by atoms with Crippen molar-refractivity contribution in [2.75, 3.05) is 18.4 Å². The molecule has 1 heterocycles. The molecule has 0 unspecified atom stereocenters. The molecule has 1 aromatic heterocycles. The van der Waals surface area contributed by atoms with Crippen LogP contribution in [0.3, 0.4) is 0 Å². The van der Waals surface area contributed by atoms with Crippen LogP contribution in [0.4, 0.5) is 23.8 Å². The summed E-state index contributed by atoms with van der Waals surface area (Å²) in [6.45, 7) is 5.74. The summed E-state index contributed by atoms with van der Waals surface area (Å²) in [7, 11) is 0. The number of pyridine rings is 1. The van der Waals surface area contributed by atoms with Crippen LogP contribution in [-0.2, 0) is 4.74 Å². The van der Waals surface area contributed by atoms with E-state index in [-0.39, 0.29) is 18.9 Å². The van der Waals surface area contributed by atoms with Crippen LogP contribution in [-0.4, -0.2) is 29.8 Å². The Hall–Kier alpha value is -1.99. The normalized spacial score (nSPS) is 11.1. The third kappa shape index (κ3) is 6.33. The van der Waals surface area contributed by atoms with Gasteiger partial charge in [-0.05, 0) is 27.2 Å². The van der Waals surface area contributed by atoms with Gasteiger partial charge < -0.3 is 15.4 Å². The van der Waals surface area contributed by atoms with Crippen LogP contribution in [0.5, 0.6) is 0 Å². The summed E-state index contributed by atoms with van der Waals surface area (Å²) in [4.78, 5) is 14.4. The Morgan fingerprint density at radius 3 is 2.52 bits per heavy atom. The first-order valence-electron chi connectivity index (χ1n) is 6.41. The zero-order chi connectivity index (χ0) is 16.0. The van der Waals surface area contributed by atoms with E-state index in [9.17, 15) is 18.0 Å². The molecular formula is C13H18F3N3O2. The summed E-state index contributed by atoms with van der Waals surface area (Å²) < 4.78 is 43.7. The largest absolute Gasteiger partial charge is 0.444 e. The SMILES string of the molecule is CC(C)(C)OC(=O)NCCCNc1nc(F)c(F)cc1F. The van der Waals surface area contributed by atoms with Crippen molar-refractivity contribution < 1.29 is 22.7 Å². The number of ether oxygens (including phenoxy) is 1. The van der Waals surface area contributed by atoms with Crippen molar-refractivity contribution >= 4 is 11.9 Å². The van der Waals surface area contributed by atoms with E-state index in [0.717, 1.165) is 0 Å². The number of carbonyl (C=O) groups is 1. The summed E-state index contributed by atoms with van der Waals surface area (Å²) in [5.41, 5.74) is -0.582. The average Bonchev–Trinajstić information content (AvgIpc) is 2.32. The van der Waals surface area contributed by atoms with Crippen molar-refractivity contribution in [1.82, 2.24) is 10.3 Å². The van der Waals surface area contributed by atoms with E-state index < -0.39 is 29.3 Å². The van der Waals surface area contributed by atoms with Crippen molar-refractivity contribution in [2.45, 2.75) is 32.8 Å². The maximum Gasteiger partial charge on any atom is 0.407 e. The Morgan fingerprint density at radius 2 is 1.90 bits per heavy atom. The van der Waals surface area contributed by atoms with Gasteiger partial charge in [-0.3, -0.25) is 0 Å². The Morgan fingerprint density at radius 1 is 1.24 bits per heavy atom. The lowest BCUT2D eigenvalue weighted by molar-refractivity contribution is 0.0528. The number of aromatic nitrogens is 1. The van der Waals surface area contributed by atoms with Crippen molar-refractivity contribution in [1.29, 1.82) is 0 Å². The number of halogens is 3. The fraction of sp³-hybridized carbons (Fsp3) is 0.538. The fourth-order valence-electron chi connectivity index (χ4n) is 1.37. The minimum atomic E-state index is -1.37. The van der Waals surface area contributed by atoms with Crippen molar-refractivity contribution in [2.24, 2.45) is 0 Å². The molecule has 0 spiro atoms. The minimum Gasteiger partial charge on any atom is -0.444 e. The van der Waals surface area contributed by atoms with Crippen LogP contribution in [0.25, 0.3) is 0 Å². The second-order valence-corrected chi connectivity index (χ2v) is 5.30. The summed E-state index contributed by atoms with van der Waals surface area (Å²) in [6.07, 6.45) is -0.126. The van der Waals surface area contributed by atoms with Gasteiger partial charge in [0.1, 0.15) is 5.60 Å². The molecular weight excluding hydrogens is 287 g/mol. The smallest absolute Gasteiger partial charge is 0.407 e. The first-order chi connectivity index (χ1) is 9.69. The highest BCUT2D eigenvalue weighted by Gasteiger charge is 2.15. The average molecular weight is 305 g/mol. The van der Waals surface area contributed by atoms with Gasteiger partial charge in [0.2, 0.25) is 0 Å². The van der Waals surface area contributed by atoms with Gasteiger partial charge in [0.05, 0.1) is 0 Å². The first-order valence-corrected chi connectivity index (χ1v) is 6.41. The molecule has 8 heteroatoms. The van der Waals surface area contributed by atoms with Crippen molar-refractivity contribution in [3.8, 4) is 0 Å². The van der Waals surface area contributed by atoms with Gasteiger partial charge in [-0.25, -0.2) is 13.6 Å². The molecule has 0 aliphatic carbocycles. The summed E-state index contributed by atoms with van der Waals surface area (Å²) in [5, 5.41) is 5.03. The second kappa shape index (κ2) is 7.14. The molecule has 0 radical (unpaired) electrons. The molecule has 0 bridgehead atoms. The molecule has 21 heavy (non-hydrogen) atoms. The molecule has 0 aliphatic rings. The van der Waals surface area contributed by atoms with E-state index in [4.69, 9.17) is 4.74 Å². The molecule has 5 nitrogen and oxygen atoms in total. The highest BCUT2D eigenvalue weighted by atomic mass is 19.2. The van der Waals surface area contributed by atoms with E-state index in [1.54, 1.807) is 20.8 Å². The van der Waals surface area contributed by atoms with Crippen LogP contribution in [0.2, 0.25) is 0 Å². The molecule has 0 fully saturated rings. The quantitative estimate of drug-likeness (QED) is 0.648. The second-order valence-electron chi connectivity index (χ2n) is 5.30. The maximum absolute atomic E-state index is 13.2. The zero-order valence-electron chi connectivity index (χ0n) is 12.1. The zero-order valence-corrected chi connectivity index (χ0v) is 12.1. The number of anilines is 1. The van der Waals surface area contributed by atoms with Gasteiger partial charge in [0.25, 0.3) is 5.95 Å². The molecule has 0 aromatic carbocycles. The number of hydrogen-bond donors (Lipinski definition) is 2. The lowest BCUT2D eigenvalue weighted by atomic mass is 10.2. The number of amides is 1. The van der Waals surface area contributed by atoms with Gasteiger partial charge in [-0.1, -0.05) is 0 Å². The Balaban J connectivity index is 2.29. The molecule has 2 N–H and O–H groups in total. The summed E-state index contributed by atoms with van der Waals surface area (Å²) >= 11 is 0. The predicted octanol–water partition coefficient (Wildman–Crippen LogP) is 2.83. The molecule has 1 amide bonds. The van der Waals surface area contributed by atoms with Gasteiger partial charge in [-0.2, -0.15) is 9.37 Å². The molecule has 0 aliphatic heterocycles. The van der Waals surface area contributed by atoms with Crippen molar-refractivity contribution in [3.05, 3.63) is 23.6 Å². The number of nitrogens with one attached hydrogen (secondary N) is 2. The number of nitrogens with zero attached hydrogens (tertiary/aromatic N) is 1. The maximum atomic E-state index is 13.2. The van der Waals surface area contributed by atoms with E-state index >= 15 is 0 Å². The third-order valence-corrected chi connectivity index (χ3v) is 2.20. The number of alkyl carbamates (subject to hydrolysis) is 1. The Labute approximate surface area is 120 Å². The van der Waals surface area contributed by atoms with Gasteiger partial charge in [-0.15, -0.1) is 0 Å². The standard InChI is InChI=1S/C13H18F3N3O2/c1-13(2,3)21-12(20)18-6-4-5-17-11-9(15)7-8(14)10(16)19-11/h7H,4-6H2,1-3H3,(H,17,19)(H,18,20). The third-order valence-electron chi connectivity index (χ3n) is 2.20. The van der Waals surface area contributed by atoms with Gasteiger partial charge in [0.15, 0.2) is 17.5 Å². The van der Waals surface area contributed by atoms with Gasteiger partial charge >= 0.3 is 6.09 Å². The lowest BCUT2D eigenvalue weighted by Crippen LogP contribution is -2.33. The fourth-order valence-corrected chi connectivity index (χ4v) is 1.37. The number of rotatable bonds is 5. The predicted molar refractivity (Wildman–Crippen MR) is 71.5 cm³/mol. The summed E-state index contributed by atoms with van der Waals surface area (Å²) in [6, 6.07) is 0.420. The molecule has 1 aromatic rings. The molecule has 0 saturated carbocycles. The lowest BCUT2D eigenvalue weighted by Gasteiger charge is -2.19. The van der Waals surface area contributed by atoms with E-state index in [1.165, 1.54) is 0 Å². The number of carbonyl (C=O) groups excluding carboxylic acids is 1.